The van der Waals surface area contributed by atoms with E-state index in [1.165, 1.54) is 62.5 Å². The van der Waals surface area contributed by atoms with Crippen LogP contribution in [0.5, 0.6) is 0 Å². The summed E-state index contributed by atoms with van der Waals surface area (Å²) in [5.74, 6) is 2.78. The Kier molecular flexibility index (Phi) is 4.02. The zero-order valence-corrected chi connectivity index (χ0v) is 16.0. The smallest absolute Gasteiger partial charge is 0.319 e. The summed E-state index contributed by atoms with van der Waals surface area (Å²) in [6, 6.07) is 6.74. The molecule has 4 saturated carbocycles. The predicted molar refractivity (Wildman–Crippen MR) is 105 cm³/mol. The second-order valence-electron chi connectivity index (χ2n) is 9.68. The summed E-state index contributed by atoms with van der Waals surface area (Å²) in [5, 5.41) is 6.51. The van der Waals surface area contributed by atoms with Crippen molar-refractivity contribution in [2.75, 3.05) is 5.32 Å². The molecule has 1 aromatic rings. The maximum absolute atomic E-state index is 12.8. The maximum atomic E-state index is 12.8. The summed E-state index contributed by atoms with van der Waals surface area (Å²) in [6.07, 6.45) is 13.0. The van der Waals surface area contributed by atoms with Crippen LogP contribution in [0.15, 0.2) is 18.2 Å². The van der Waals surface area contributed by atoms with E-state index in [0.717, 1.165) is 36.3 Å². The van der Waals surface area contributed by atoms with E-state index >= 15 is 0 Å². The molecule has 4 fully saturated rings. The molecule has 1 atom stereocenters. The van der Waals surface area contributed by atoms with Gasteiger partial charge in [-0.2, -0.15) is 0 Å². The number of urea groups is 1. The molecule has 0 spiro atoms. The minimum atomic E-state index is -0.00876. The van der Waals surface area contributed by atoms with Gasteiger partial charge >= 0.3 is 6.03 Å². The van der Waals surface area contributed by atoms with E-state index < -0.39 is 0 Å². The maximum Gasteiger partial charge on any atom is 0.319 e. The van der Waals surface area contributed by atoms with Crippen molar-refractivity contribution in [3.05, 3.63) is 29.3 Å². The molecule has 3 heteroatoms. The number of carbonyl (C=O) groups excluding carboxylic acids is 1. The van der Waals surface area contributed by atoms with Crippen molar-refractivity contribution < 1.29 is 4.79 Å². The monoisotopic (exact) mass is 352 g/mol. The molecule has 0 saturated heterocycles. The number of carbonyl (C=O) groups is 1. The fraction of sp³-hybridized carbons (Fsp3) is 0.696. The van der Waals surface area contributed by atoms with Crippen molar-refractivity contribution in [3.63, 3.8) is 0 Å². The molecule has 0 aliphatic heterocycles. The Labute approximate surface area is 157 Å². The first-order chi connectivity index (χ1) is 12.6. The summed E-state index contributed by atoms with van der Waals surface area (Å²) in [6.45, 7) is 2.25. The average Bonchev–Trinajstić information content (AvgIpc) is 3.06. The van der Waals surface area contributed by atoms with Gasteiger partial charge in [-0.05, 0) is 111 Å². The first kappa shape index (κ1) is 16.6. The number of hydrogen-bond donors (Lipinski definition) is 2. The minimum Gasteiger partial charge on any atom is -0.335 e. The first-order valence-electron chi connectivity index (χ1n) is 10.8. The standard InChI is InChI=1S/C23H32N2O/c1-2-21(23-12-15-8-16(13-23)10-17(9-15)14-23)25-22(26)24-20-7-6-18-4-3-5-19(18)11-20/h6-7,11,15-17,21H,2-5,8-10,12-14H2,1H3,(H2,24,25,26)/t15?,16?,17?,21-,23?/m0/s1. The fourth-order valence-corrected chi connectivity index (χ4v) is 7.27. The van der Waals surface area contributed by atoms with Crippen molar-refractivity contribution in [1.82, 2.24) is 5.32 Å². The number of rotatable bonds is 4. The summed E-state index contributed by atoms with van der Waals surface area (Å²) in [5.41, 5.74) is 4.19. The Morgan fingerprint density at radius 1 is 1.08 bits per heavy atom. The Balaban J connectivity index is 1.28. The molecule has 5 aliphatic carbocycles. The van der Waals surface area contributed by atoms with Crippen LogP contribution in [0.25, 0.3) is 0 Å². The van der Waals surface area contributed by atoms with E-state index in [4.69, 9.17) is 0 Å². The quantitative estimate of drug-likeness (QED) is 0.759. The van der Waals surface area contributed by atoms with Crippen molar-refractivity contribution in [2.45, 2.75) is 77.2 Å². The number of fused-ring (bicyclic) bond motifs is 1. The van der Waals surface area contributed by atoms with Crippen molar-refractivity contribution in [3.8, 4) is 0 Å². The lowest BCUT2D eigenvalue weighted by molar-refractivity contribution is -0.0719. The van der Waals surface area contributed by atoms with E-state index in [2.05, 4.69) is 35.8 Å². The van der Waals surface area contributed by atoms with Gasteiger partial charge in [-0.25, -0.2) is 4.79 Å². The highest BCUT2D eigenvalue weighted by molar-refractivity contribution is 5.89. The number of nitrogens with one attached hydrogen (secondary N) is 2. The number of amides is 2. The number of hydrogen-bond acceptors (Lipinski definition) is 1. The molecule has 3 nitrogen and oxygen atoms in total. The molecule has 0 heterocycles. The third-order valence-electron chi connectivity index (χ3n) is 7.89. The van der Waals surface area contributed by atoms with Gasteiger partial charge in [0.1, 0.15) is 0 Å². The van der Waals surface area contributed by atoms with Crippen molar-refractivity contribution in [2.24, 2.45) is 23.2 Å². The van der Waals surface area contributed by atoms with Crippen LogP contribution in [-0.4, -0.2) is 12.1 Å². The Morgan fingerprint density at radius 2 is 1.73 bits per heavy atom. The van der Waals surface area contributed by atoms with E-state index in [1.807, 2.05) is 0 Å². The second-order valence-corrected chi connectivity index (χ2v) is 9.68. The molecule has 0 radical (unpaired) electrons. The molecule has 2 amide bonds. The Morgan fingerprint density at radius 3 is 2.38 bits per heavy atom. The van der Waals surface area contributed by atoms with Gasteiger partial charge in [0.15, 0.2) is 0 Å². The van der Waals surface area contributed by atoms with Gasteiger partial charge in [-0.3, -0.25) is 0 Å². The molecular formula is C23H32N2O. The lowest BCUT2D eigenvalue weighted by Gasteiger charge is -2.59. The van der Waals surface area contributed by atoms with Crippen LogP contribution in [0.2, 0.25) is 0 Å². The number of benzene rings is 1. The topological polar surface area (TPSA) is 41.1 Å². The lowest BCUT2D eigenvalue weighted by atomic mass is 9.47. The van der Waals surface area contributed by atoms with Gasteiger partial charge in [0.05, 0.1) is 0 Å². The Bertz CT molecular complexity index is 675. The van der Waals surface area contributed by atoms with Crippen LogP contribution >= 0.6 is 0 Å². The lowest BCUT2D eigenvalue weighted by Crippen LogP contribution is -2.57. The van der Waals surface area contributed by atoms with Gasteiger partial charge in [0, 0.05) is 11.7 Å². The molecule has 0 aromatic heterocycles. The van der Waals surface area contributed by atoms with Gasteiger partial charge < -0.3 is 10.6 Å². The normalized spacial score (nSPS) is 35.2. The van der Waals surface area contributed by atoms with E-state index in [0.29, 0.717) is 11.5 Å². The highest BCUT2D eigenvalue weighted by Crippen LogP contribution is 2.61. The molecule has 1 aromatic carbocycles. The van der Waals surface area contributed by atoms with Gasteiger partial charge in [0.2, 0.25) is 0 Å². The van der Waals surface area contributed by atoms with Gasteiger partial charge in [0.25, 0.3) is 0 Å². The molecule has 2 N–H and O–H groups in total. The number of aryl methyl sites for hydroxylation is 2. The summed E-state index contributed by atoms with van der Waals surface area (Å²) < 4.78 is 0. The zero-order chi connectivity index (χ0) is 17.7. The van der Waals surface area contributed by atoms with E-state index in [9.17, 15) is 4.79 Å². The van der Waals surface area contributed by atoms with Crippen LogP contribution < -0.4 is 10.6 Å². The fourth-order valence-electron chi connectivity index (χ4n) is 7.27. The van der Waals surface area contributed by atoms with Crippen LogP contribution in [0.1, 0.15) is 69.4 Å². The molecule has 26 heavy (non-hydrogen) atoms. The zero-order valence-electron chi connectivity index (χ0n) is 16.0. The minimum absolute atomic E-state index is 0.00876. The highest BCUT2D eigenvalue weighted by atomic mass is 16.2. The highest BCUT2D eigenvalue weighted by Gasteiger charge is 2.54. The largest absolute Gasteiger partial charge is 0.335 e. The summed E-state index contributed by atoms with van der Waals surface area (Å²) in [4.78, 5) is 12.8. The van der Waals surface area contributed by atoms with Crippen LogP contribution in [0.3, 0.4) is 0 Å². The van der Waals surface area contributed by atoms with E-state index in [-0.39, 0.29) is 6.03 Å². The van der Waals surface area contributed by atoms with Crippen LogP contribution in [0.4, 0.5) is 10.5 Å². The van der Waals surface area contributed by atoms with Gasteiger partial charge in [-0.1, -0.05) is 13.0 Å². The summed E-state index contributed by atoms with van der Waals surface area (Å²) in [7, 11) is 0. The second kappa shape index (κ2) is 6.28. The summed E-state index contributed by atoms with van der Waals surface area (Å²) >= 11 is 0. The van der Waals surface area contributed by atoms with Gasteiger partial charge in [-0.15, -0.1) is 0 Å². The molecule has 6 rings (SSSR count). The number of anilines is 1. The molecule has 140 valence electrons. The average molecular weight is 353 g/mol. The third kappa shape index (κ3) is 2.84. The van der Waals surface area contributed by atoms with Crippen molar-refractivity contribution >= 4 is 11.7 Å². The predicted octanol–water partition coefficient (Wildman–Crippen LogP) is 5.29. The van der Waals surface area contributed by atoms with Crippen molar-refractivity contribution in [1.29, 1.82) is 0 Å². The third-order valence-corrected chi connectivity index (χ3v) is 7.89. The van der Waals surface area contributed by atoms with Crippen LogP contribution in [-0.2, 0) is 12.8 Å². The molecular weight excluding hydrogens is 320 g/mol. The first-order valence-corrected chi connectivity index (χ1v) is 10.8. The molecule has 0 unspecified atom stereocenters. The molecule has 5 aliphatic rings. The van der Waals surface area contributed by atoms with E-state index in [1.54, 1.807) is 0 Å². The SMILES string of the molecule is CC[C@H](NC(=O)Nc1ccc2c(c1)CCC2)C12CC3CC(CC(C3)C1)C2. The van der Waals surface area contributed by atoms with Crippen LogP contribution in [0, 0.1) is 23.2 Å². The Hall–Kier alpha value is -1.51. The molecule has 4 bridgehead atoms.